The zero-order valence-corrected chi connectivity index (χ0v) is 14.1. The molecule has 5 nitrogen and oxygen atoms in total. The number of amides is 1. The van der Waals surface area contributed by atoms with Gasteiger partial charge in [-0.3, -0.25) is 4.79 Å². The van der Waals surface area contributed by atoms with Crippen molar-refractivity contribution in [3.8, 4) is 0 Å². The molecule has 1 amide bonds. The second-order valence-electron chi connectivity index (χ2n) is 6.47. The topological polar surface area (TPSA) is 75.3 Å². The van der Waals surface area contributed by atoms with E-state index < -0.39 is 9.84 Å². The van der Waals surface area contributed by atoms with Gasteiger partial charge < -0.3 is 10.6 Å². The van der Waals surface area contributed by atoms with Crippen molar-refractivity contribution in [2.24, 2.45) is 0 Å². The Morgan fingerprint density at radius 3 is 2.22 bits per heavy atom. The standard InChI is InChI=1S/C17H24N2O3S/c20-17(19-14-9-11-18-12-10-14)13-5-7-16(8-6-13)23(21,22)15-3-1-2-4-15/h5-8,14-15,18H,1-4,9-12H2,(H,19,20). The summed E-state index contributed by atoms with van der Waals surface area (Å²) in [4.78, 5) is 12.6. The zero-order valence-electron chi connectivity index (χ0n) is 13.3. The van der Waals surface area contributed by atoms with Gasteiger partial charge in [0.1, 0.15) is 0 Å². The zero-order chi connectivity index (χ0) is 16.3. The summed E-state index contributed by atoms with van der Waals surface area (Å²) >= 11 is 0. The van der Waals surface area contributed by atoms with E-state index in [1.807, 2.05) is 0 Å². The minimum atomic E-state index is -3.25. The molecule has 0 atom stereocenters. The van der Waals surface area contributed by atoms with Gasteiger partial charge in [-0.15, -0.1) is 0 Å². The van der Waals surface area contributed by atoms with Crippen molar-refractivity contribution >= 4 is 15.7 Å². The highest BCUT2D eigenvalue weighted by Gasteiger charge is 2.30. The number of sulfone groups is 1. The Morgan fingerprint density at radius 2 is 1.61 bits per heavy atom. The summed E-state index contributed by atoms with van der Waals surface area (Å²) in [5, 5.41) is 6.03. The number of rotatable bonds is 4. The number of nitrogens with one attached hydrogen (secondary N) is 2. The molecule has 3 rings (SSSR count). The molecule has 6 heteroatoms. The number of carbonyl (C=O) groups excluding carboxylic acids is 1. The average molecular weight is 336 g/mol. The Hall–Kier alpha value is -1.40. The van der Waals surface area contributed by atoms with E-state index in [1.165, 1.54) is 0 Å². The monoisotopic (exact) mass is 336 g/mol. The number of piperidine rings is 1. The van der Waals surface area contributed by atoms with Crippen molar-refractivity contribution < 1.29 is 13.2 Å². The molecule has 1 aromatic carbocycles. The van der Waals surface area contributed by atoms with E-state index in [4.69, 9.17) is 0 Å². The summed E-state index contributed by atoms with van der Waals surface area (Å²) in [5.41, 5.74) is 0.522. The molecule has 2 aliphatic rings. The maximum absolute atomic E-state index is 12.5. The van der Waals surface area contributed by atoms with E-state index in [0.717, 1.165) is 51.6 Å². The fourth-order valence-corrected chi connectivity index (χ4v) is 5.28. The molecule has 1 aliphatic heterocycles. The lowest BCUT2D eigenvalue weighted by molar-refractivity contribution is 0.0929. The molecule has 126 valence electrons. The predicted molar refractivity (Wildman–Crippen MR) is 89.2 cm³/mol. The van der Waals surface area contributed by atoms with Gasteiger partial charge in [0.2, 0.25) is 0 Å². The third-order valence-electron chi connectivity index (χ3n) is 4.86. The Balaban J connectivity index is 1.67. The molecular weight excluding hydrogens is 312 g/mol. The molecular formula is C17H24N2O3S. The van der Waals surface area contributed by atoms with Crippen molar-refractivity contribution in [2.75, 3.05) is 13.1 Å². The van der Waals surface area contributed by atoms with E-state index in [-0.39, 0.29) is 17.2 Å². The normalized spacial score (nSPS) is 20.5. The van der Waals surface area contributed by atoms with Crippen LogP contribution in [0.15, 0.2) is 29.2 Å². The van der Waals surface area contributed by atoms with Gasteiger partial charge in [-0.05, 0) is 63.0 Å². The van der Waals surface area contributed by atoms with Gasteiger partial charge in [0, 0.05) is 11.6 Å². The van der Waals surface area contributed by atoms with E-state index in [0.29, 0.717) is 10.5 Å². The van der Waals surface area contributed by atoms with Gasteiger partial charge in [-0.2, -0.15) is 0 Å². The lowest BCUT2D eigenvalue weighted by Gasteiger charge is -2.23. The van der Waals surface area contributed by atoms with Gasteiger partial charge >= 0.3 is 0 Å². The van der Waals surface area contributed by atoms with E-state index in [9.17, 15) is 13.2 Å². The Labute approximate surface area is 137 Å². The third kappa shape index (κ3) is 3.75. The number of hydrogen-bond donors (Lipinski definition) is 2. The van der Waals surface area contributed by atoms with Crippen LogP contribution in [0.3, 0.4) is 0 Å². The van der Waals surface area contributed by atoms with Crippen molar-refractivity contribution in [2.45, 2.75) is 54.7 Å². The van der Waals surface area contributed by atoms with Crippen molar-refractivity contribution in [3.05, 3.63) is 29.8 Å². The molecule has 0 radical (unpaired) electrons. The fraction of sp³-hybridized carbons (Fsp3) is 0.588. The molecule has 0 unspecified atom stereocenters. The van der Waals surface area contributed by atoms with Crippen molar-refractivity contribution in [1.29, 1.82) is 0 Å². The number of hydrogen-bond acceptors (Lipinski definition) is 4. The first-order valence-corrected chi connectivity index (χ1v) is 9.97. The lowest BCUT2D eigenvalue weighted by atomic mass is 10.1. The molecule has 1 heterocycles. The van der Waals surface area contributed by atoms with Crippen LogP contribution in [0.5, 0.6) is 0 Å². The quantitative estimate of drug-likeness (QED) is 0.880. The maximum Gasteiger partial charge on any atom is 0.251 e. The first-order chi connectivity index (χ1) is 11.1. The summed E-state index contributed by atoms with van der Waals surface area (Å²) in [6.45, 7) is 1.84. The smallest absolute Gasteiger partial charge is 0.251 e. The van der Waals surface area contributed by atoms with Crippen LogP contribution in [0.1, 0.15) is 48.9 Å². The van der Waals surface area contributed by atoms with Crippen LogP contribution < -0.4 is 10.6 Å². The Morgan fingerprint density at radius 1 is 1.00 bits per heavy atom. The summed E-state index contributed by atoms with van der Waals surface area (Å²) < 4.78 is 25.0. The number of benzene rings is 1. The predicted octanol–water partition coefficient (Wildman–Crippen LogP) is 1.88. The first-order valence-electron chi connectivity index (χ1n) is 8.43. The molecule has 2 N–H and O–H groups in total. The second kappa shape index (κ2) is 7.01. The van der Waals surface area contributed by atoms with Gasteiger partial charge in [0.25, 0.3) is 5.91 Å². The van der Waals surface area contributed by atoms with Crippen molar-refractivity contribution in [1.82, 2.24) is 10.6 Å². The molecule has 1 saturated heterocycles. The van der Waals surface area contributed by atoms with Crippen LogP contribution in [0.2, 0.25) is 0 Å². The van der Waals surface area contributed by atoms with Gasteiger partial charge in [-0.1, -0.05) is 12.8 Å². The highest BCUT2D eigenvalue weighted by atomic mass is 32.2. The van der Waals surface area contributed by atoms with Crippen molar-refractivity contribution in [3.63, 3.8) is 0 Å². The molecule has 0 spiro atoms. The summed E-state index contributed by atoms with van der Waals surface area (Å²) in [5.74, 6) is -0.123. The van der Waals surface area contributed by atoms with Gasteiger partial charge in [-0.25, -0.2) is 8.42 Å². The summed E-state index contributed by atoms with van der Waals surface area (Å²) in [6.07, 6.45) is 5.33. The second-order valence-corrected chi connectivity index (χ2v) is 8.70. The molecule has 1 aromatic rings. The highest BCUT2D eigenvalue weighted by Crippen LogP contribution is 2.29. The average Bonchev–Trinajstić information content (AvgIpc) is 3.11. The van der Waals surface area contributed by atoms with Crippen LogP contribution in [0.25, 0.3) is 0 Å². The van der Waals surface area contributed by atoms with Crippen LogP contribution in [-0.2, 0) is 9.84 Å². The molecule has 1 saturated carbocycles. The highest BCUT2D eigenvalue weighted by molar-refractivity contribution is 7.92. The van der Waals surface area contributed by atoms with Crippen LogP contribution in [-0.4, -0.2) is 38.7 Å². The first kappa shape index (κ1) is 16.5. The minimum Gasteiger partial charge on any atom is -0.349 e. The number of carbonyl (C=O) groups is 1. The van der Waals surface area contributed by atoms with Gasteiger partial charge in [0.05, 0.1) is 10.1 Å². The van der Waals surface area contributed by atoms with E-state index >= 15 is 0 Å². The minimum absolute atomic E-state index is 0.123. The summed E-state index contributed by atoms with van der Waals surface area (Å²) in [6, 6.07) is 6.59. The molecule has 2 fully saturated rings. The molecule has 0 aromatic heterocycles. The molecule has 23 heavy (non-hydrogen) atoms. The van der Waals surface area contributed by atoms with E-state index in [1.54, 1.807) is 24.3 Å². The summed E-state index contributed by atoms with van der Waals surface area (Å²) in [7, 11) is -3.25. The molecule has 0 bridgehead atoms. The lowest BCUT2D eigenvalue weighted by Crippen LogP contribution is -2.42. The molecule has 1 aliphatic carbocycles. The van der Waals surface area contributed by atoms with E-state index in [2.05, 4.69) is 10.6 Å². The van der Waals surface area contributed by atoms with Gasteiger partial charge in [0.15, 0.2) is 9.84 Å². The SMILES string of the molecule is O=C(NC1CCNCC1)c1ccc(S(=O)(=O)C2CCCC2)cc1. The van der Waals surface area contributed by atoms with Crippen LogP contribution >= 0.6 is 0 Å². The fourth-order valence-electron chi connectivity index (χ4n) is 3.42. The Kier molecular flexibility index (Phi) is 5.02. The van der Waals surface area contributed by atoms with Crippen LogP contribution in [0.4, 0.5) is 0 Å². The third-order valence-corrected chi connectivity index (χ3v) is 7.14. The maximum atomic E-state index is 12.5. The van der Waals surface area contributed by atoms with Crippen LogP contribution in [0, 0.1) is 0 Å². The largest absolute Gasteiger partial charge is 0.349 e. The Bertz CT molecular complexity index is 643.